The third-order valence-electron chi connectivity index (χ3n) is 3.17. The average Bonchev–Trinajstić information content (AvgIpc) is 2.74. The molecule has 6 heteroatoms. The Balaban J connectivity index is 2.42. The van der Waals surface area contributed by atoms with E-state index >= 15 is 0 Å². The Morgan fingerprint density at radius 3 is 2.83 bits per heavy atom. The van der Waals surface area contributed by atoms with Crippen molar-refractivity contribution in [3.8, 4) is 0 Å². The fourth-order valence-electron chi connectivity index (χ4n) is 2.13. The van der Waals surface area contributed by atoms with Crippen LogP contribution in [0.25, 0.3) is 0 Å². The highest BCUT2D eigenvalue weighted by atomic mass is 32.1. The Kier molecular flexibility index (Phi) is 3.77. The van der Waals surface area contributed by atoms with Gasteiger partial charge in [-0.3, -0.25) is 0 Å². The van der Waals surface area contributed by atoms with Crippen LogP contribution in [-0.2, 0) is 9.47 Å². The zero-order valence-corrected chi connectivity index (χ0v) is 11.5. The molecule has 5 nitrogen and oxygen atoms in total. The van der Waals surface area contributed by atoms with Gasteiger partial charge in [-0.05, 0) is 19.3 Å². The Morgan fingerprint density at radius 2 is 2.33 bits per heavy atom. The summed E-state index contributed by atoms with van der Waals surface area (Å²) in [5.41, 5.74) is 0.987. The van der Waals surface area contributed by atoms with Gasteiger partial charge < -0.3 is 14.5 Å². The van der Waals surface area contributed by atoms with Crippen LogP contribution in [0.4, 0.5) is 0 Å². The number of nitrogens with one attached hydrogen (secondary N) is 1. The zero-order chi connectivity index (χ0) is 13.3. The number of H-pyrrole nitrogens is 1. The lowest BCUT2D eigenvalue weighted by atomic mass is 10.0. The Hall–Kier alpha value is -1.27. The molecule has 0 bridgehead atoms. The maximum atomic E-state index is 11.6. The molecule has 0 radical (unpaired) electrons. The van der Waals surface area contributed by atoms with Crippen LogP contribution >= 0.6 is 12.2 Å². The van der Waals surface area contributed by atoms with Crippen LogP contribution in [0.3, 0.4) is 0 Å². The molecule has 98 valence electrons. The summed E-state index contributed by atoms with van der Waals surface area (Å²) in [4.78, 5) is 18.9. The number of esters is 1. The molecule has 0 aliphatic carbocycles. The Morgan fingerprint density at radius 1 is 1.61 bits per heavy atom. The summed E-state index contributed by atoms with van der Waals surface area (Å²) in [5.74, 6) is 0.620. The topological polar surface area (TPSA) is 64.2 Å². The number of aryl methyl sites for hydroxylation is 1. The van der Waals surface area contributed by atoms with Crippen molar-refractivity contribution < 1.29 is 14.3 Å². The van der Waals surface area contributed by atoms with E-state index in [2.05, 4.69) is 21.6 Å². The van der Waals surface area contributed by atoms with Crippen LogP contribution in [0.15, 0.2) is 0 Å². The number of methoxy groups -OCH3 is 1. The summed E-state index contributed by atoms with van der Waals surface area (Å²) < 4.78 is 10.6. The molecule has 1 aliphatic heterocycles. The molecule has 1 N–H and O–H groups in total. The van der Waals surface area contributed by atoms with E-state index in [9.17, 15) is 4.79 Å². The van der Waals surface area contributed by atoms with E-state index in [1.165, 1.54) is 7.11 Å². The first-order valence-electron chi connectivity index (χ1n) is 5.85. The van der Waals surface area contributed by atoms with Crippen LogP contribution in [0, 0.1) is 17.5 Å². The number of aromatic amines is 1. The molecule has 2 atom stereocenters. The summed E-state index contributed by atoms with van der Waals surface area (Å²) in [5, 5.41) is 0. The van der Waals surface area contributed by atoms with E-state index in [0.717, 1.165) is 13.0 Å². The molecule has 0 saturated carbocycles. The summed E-state index contributed by atoms with van der Waals surface area (Å²) in [6, 6.07) is 0. The minimum atomic E-state index is -0.465. The summed E-state index contributed by atoms with van der Waals surface area (Å²) in [6.07, 6.45) is 0.933. The van der Waals surface area contributed by atoms with Gasteiger partial charge in [0.15, 0.2) is 0 Å². The van der Waals surface area contributed by atoms with Gasteiger partial charge in [-0.25, -0.2) is 9.78 Å². The smallest absolute Gasteiger partial charge is 0.342 e. The lowest BCUT2D eigenvalue weighted by molar-refractivity contribution is 0.0596. The van der Waals surface area contributed by atoms with Gasteiger partial charge in [0.25, 0.3) is 0 Å². The highest BCUT2D eigenvalue weighted by Crippen LogP contribution is 2.32. The van der Waals surface area contributed by atoms with Crippen molar-refractivity contribution in [3.63, 3.8) is 0 Å². The third kappa shape index (κ3) is 2.30. The van der Waals surface area contributed by atoms with E-state index in [1.54, 1.807) is 6.92 Å². The third-order valence-corrected chi connectivity index (χ3v) is 3.47. The Bertz CT molecular complexity index is 527. The predicted molar refractivity (Wildman–Crippen MR) is 68.0 cm³/mol. The first-order valence-corrected chi connectivity index (χ1v) is 6.26. The highest BCUT2D eigenvalue weighted by Gasteiger charge is 2.28. The lowest BCUT2D eigenvalue weighted by Crippen LogP contribution is -2.14. The molecule has 2 heterocycles. The number of nitrogens with zero attached hydrogens (tertiary/aromatic N) is 1. The van der Waals surface area contributed by atoms with Crippen LogP contribution in [0.2, 0.25) is 0 Å². The van der Waals surface area contributed by atoms with Gasteiger partial charge in [-0.2, -0.15) is 0 Å². The summed E-state index contributed by atoms with van der Waals surface area (Å²) in [6.45, 7) is 4.62. The minimum absolute atomic E-state index is 0.0721. The first-order chi connectivity index (χ1) is 8.54. The molecular weight excluding hydrogens is 252 g/mol. The number of ether oxygens (including phenoxy) is 2. The molecule has 0 amide bonds. The van der Waals surface area contributed by atoms with Crippen molar-refractivity contribution in [3.05, 3.63) is 21.7 Å². The van der Waals surface area contributed by atoms with Gasteiger partial charge >= 0.3 is 5.97 Å². The van der Waals surface area contributed by atoms with Gasteiger partial charge in [0, 0.05) is 12.3 Å². The summed E-state index contributed by atoms with van der Waals surface area (Å²) in [7, 11) is 1.33. The normalized spacial score (nSPS) is 23.1. The van der Waals surface area contributed by atoms with Crippen molar-refractivity contribution in [2.75, 3.05) is 13.7 Å². The van der Waals surface area contributed by atoms with Crippen molar-refractivity contribution in [2.45, 2.75) is 26.4 Å². The van der Waals surface area contributed by atoms with Gasteiger partial charge in [0.2, 0.25) is 0 Å². The lowest BCUT2D eigenvalue weighted by Gasteiger charge is -2.15. The van der Waals surface area contributed by atoms with E-state index in [4.69, 9.17) is 17.0 Å². The maximum Gasteiger partial charge on any atom is 0.342 e. The second kappa shape index (κ2) is 5.16. The maximum absolute atomic E-state index is 11.6. The van der Waals surface area contributed by atoms with Crippen molar-refractivity contribution in [1.29, 1.82) is 0 Å². The van der Waals surface area contributed by atoms with E-state index in [0.29, 0.717) is 23.0 Å². The van der Waals surface area contributed by atoms with Crippen molar-refractivity contribution >= 4 is 18.2 Å². The van der Waals surface area contributed by atoms with Crippen LogP contribution < -0.4 is 0 Å². The first kappa shape index (κ1) is 13.2. The minimum Gasteiger partial charge on any atom is -0.465 e. The molecule has 18 heavy (non-hydrogen) atoms. The molecular formula is C12H16N2O3S. The quantitative estimate of drug-likeness (QED) is 0.659. The fraction of sp³-hybridized carbons (Fsp3) is 0.583. The second-order valence-electron chi connectivity index (χ2n) is 4.48. The SMILES string of the molecule is COC(=O)c1c(C)[nH]c(C2OCCC2C)nc1=S. The standard InChI is InChI=1S/C12H16N2O3S/c1-6-4-5-17-9(6)10-13-7(2)8(11(18)14-10)12(15)16-3/h6,9H,4-5H2,1-3H3,(H,13,14,18). The van der Waals surface area contributed by atoms with Crippen LogP contribution in [0.1, 0.15) is 41.3 Å². The summed E-state index contributed by atoms with van der Waals surface area (Å²) >= 11 is 5.16. The number of aromatic nitrogens is 2. The molecule has 1 saturated heterocycles. The molecule has 1 aromatic rings. The number of carbonyl (C=O) groups excluding carboxylic acids is 1. The molecule has 0 spiro atoms. The molecule has 1 fully saturated rings. The molecule has 1 aromatic heterocycles. The van der Waals surface area contributed by atoms with Crippen molar-refractivity contribution in [1.82, 2.24) is 9.97 Å². The van der Waals surface area contributed by atoms with Gasteiger partial charge in [-0.1, -0.05) is 19.1 Å². The molecule has 0 aromatic carbocycles. The largest absolute Gasteiger partial charge is 0.465 e. The van der Waals surface area contributed by atoms with Gasteiger partial charge in [-0.15, -0.1) is 0 Å². The molecule has 1 aliphatic rings. The van der Waals surface area contributed by atoms with Gasteiger partial charge in [0.1, 0.15) is 22.1 Å². The number of hydrogen-bond donors (Lipinski definition) is 1. The Labute approximate surface area is 111 Å². The average molecular weight is 268 g/mol. The zero-order valence-electron chi connectivity index (χ0n) is 10.6. The van der Waals surface area contributed by atoms with Crippen LogP contribution in [0.5, 0.6) is 0 Å². The monoisotopic (exact) mass is 268 g/mol. The predicted octanol–water partition coefficient (Wildman–Crippen LogP) is 2.33. The molecule has 2 unspecified atom stereocenters. The van der Waals surface area contributed by atoms with E-state index in [-0.39, 0.29) is 10.7 Å². The number of hydrogen-bond acceptors (Lipinski definition) is 5. The van der Waals surface area contributed by atoms with Gasteiger partial charge in [0.05, 0.1) is 7.11 Å². The van der Waals surface area contributed by atoms with E-state index in [1.807, 2.05) is 0 Å². The van der Waals surface area contributed by atoms with Crippen molar-refractivity contribution in [2.24, 2.45) is 5.92 Å². The highest BCUT2D eigenvalue weighted by molar-refractivity contribution is 7.71. The van der Waals surface area contributed by atoms with Crippen LogP contribution in [-0.4, -0.2) is 29.7 Å². The number of carbonyl (C=O) groups is 1. The van der Waals surface area contributed by atoms with E-state index < -0.39 is 5.97 Å². The molecule has 2 rings (SSSR count). The number of rotatable bonds is 2. The second-order valence-corrected chi connectivity index (χ2v) is 4.86. The fourth-order valence-corrected chi connectivity index (χ4v) is 2.47.